The van der Waals surface area contributed by atoms with Crippen LogP contribution in [0.2, 0.25) is 0 Å². The van der Waals surface area contributed by atoms with E-state index in [9.17, 15) is 4.79 Å². The largest absolute Gasteiger partial charge is 0.330 e. The summed E-state index contributed by atoms with van der Waals surface area (Å²) in [6.45, 7) is 9.42. The zero-order chi connectivity index (χ0) is 15.1. The quantitative estimate of drug-likeness (QED) is 0.831. The Morgan fingerprint density at radius 2 is 1.96 bits per heavy atom. The zero-order valence-corrected chi connectivity index (χ0v) is 15.2. The molecule has 1 aliphatic heterocycles. The lowest BCUT2D eigenvalue weighted by molar-refractivity contribution is 0.0590. The van der Waals surface area contributed by atoms with Gasteiger partial charge in [0.25, 0.3) is 11.7 Å². The molecule has 0 aromatic carbocycles. The van der Waals surface area contributed by atoms with Crippen molar-refractivity contribution in [2.75, 3.05) is 13.1 Å². The molecule has 0 aliphatic carbocycles. The molecule has 2 aromatic rings. The summed E-state index contributed by atoms with van der Waals surface area (Å²) in [5.74, 6) is 0.572. The van der Waals surface area contributed by atoms with E-state index in [0.29, 0.717) is 12.3 Å². The summed E-state index contributed by atoms with van der Waals surface area (Å²) in [6.07, 6.45) is 0. The van der Waals surface area contributed by atoms with E-state index in [-0.39, 0.29) is 48.6 Å². The molecule has 2 atom stereocenters. The number of halogens is 2. The fraction of sp³-hybridized carbons (Fsp3) is 0.571. The first-order valence-corrected chi connectivity index (χ1v) is 7.23. The van der Waals surface area contributed by atoms with Crippen LogP contribution >= 0.6 is 24.8 Å². The zero-order valence-electron chi connectivity index (χ0n) is 13.6. The molecule has 23 heavy (non-hydrogen) atoms. The van der Waals surface area contributed by atoms with Crippen molar-refractivity contribution in [3.05, 3.63) is 23.3 Å². The van der Waals surface area contributed by atoms with Gasteiger partial charge < -0.3 is 10.2 Å². The highest BCUT2D eigenvalue weighted by atomic mass is 35.5. The van der Waals surface area contributed by atoms with Crippen LogP contribution in [0.5, 0.6) is 0 Å². The topological polar surface area (TPSA) is 75.4 Å². The molecule has 0 saturated carbocycles. The van der Waals surface area contributed by atoms with Crippen molar-refractivity contribution in [1.82, 2.24) is 29.8 Å². The number of piperazine rings is 1. The summed E-state index contributed by atoms with van der Waals surface area (Å²) in [4.78, 5) is 23.1. The first-order valence-electron chi connectivity index (χ1n) is 7.23. The van der Waals surface area contributed by atoms with Crippen LogP contribution < -0.4 is 5.32 Å². The van der Waals surface area contributed by atoms with Gasteiger partial charge in [-0.05, 0) is 33.8 Å². The Balaban J connectivity index is 0.00000132. The highest BCUT2D eigenvalue weighted by molar-refractivity contribution is 5.91. The van der Waals surface area contributed by atoms with Gasteiger partial charge in [0.05, 0.1) is 0 Å². The number of nitrogens with zero attached hydrogens (tertiary/aromatic N) is 5. The maximum absolute atomic E-state index is 12.7. The van der Waals surface area contributed by atoms with Crippen molar-refractivity contribution >= 4 is 36.5 Å². The Morgan fingerprint density at radius 1 is 1.26 bits per heavy atom. The van der Waals surface area contributed by atoms with E-state index in [4.69, 9.17) is 0 Å². The summed E-state index contributed by atoms with van der Waals surface area (Å²) >= 11 is 0. The number of hydrogen-bond donors (Lipinski definition) is 1. The van der Waals surface area contributed by atoms with E-state index in [2.05, 4.69) is 27.3 Å². The highest BCUT2D eigenvalue weighted by Gasteiger charge is 2.31. The Hall–Kier alpha value is -1.44. The Kier molecular flexibility index (Phi) is 6.33. The minimum Gasteiger partial charge on any atom is -0.330 e. The SMILES string of the molecule is Cc1cc(C)n2nc(C(=O)N3CCNC(C)C3C)nc2n1.Cl.Cl. The van der Waals surface area contributed by atoms with Gasteiger partial charge in [-0.2, -0.15) is 4.98 Å². The normalized spacial score (nSPS) is 20.8. The molecule has 3 rings (SSSR count). The van der Waals surface area contributed by atoms with E-state index >= 15 is 0 Å². The highest BCUT2D eigenvalue weighted by Crippen LogP contribution is 2.13. The molecule has 1 amide bonds. The van der Waals surface area contributed by atoms with Crippen LogP contribution in [0.25, 0.3) is 5.78 Å². The van der Waals surface area contributed by atoms with E-state index in [1.54, 1.807) is 4.52 Å². The smallest absolute Gasteiger partial charge is 0.293 e. The van der Waals surface area contributed by atoms with Gasteiger partial charge in [-0.1, -0.05) is 0 Å². The second kappa shape index (κ2) is 7.42. The monoisotopic (exact) mass is 360 g/mol. The molecule has 3 heterocycles. The Labute approximate surface area is 147 Å². The second-order valence-corrected chi connectivity index (χ2v) is 5.67. The molecular formula is C14H22Cl2N6O. The number of fused-ring (bicyclic) bond motifs is 1. The predicted molar refractivity (Wildman–Crippen MR) is 92.7 cm³/mol. The average molecular weight is 361 g/mol. The van der Waals surface area contributed by atoms with Crippen LogP contribution in [0.1, 0.15) is 35.9 Å². The summed E-state index contributed by atoms with van der Waals surface area (Å²) in [5, 5.41) is 7.68. The molecule has 1 saturated heterocycles. The molecule has 7 nitrogen and oxygen atoms in total. The number of amides is 1. The third-order valence-electron chi connectivity index (χ3n) is 4.10. The average Bonchev–Trinajstić information content (AvgIpc) is 2.85. The van der Waals surface area contributed by atoms with E-state index < -0.39 is 0 Å². The lowest BCUT2D eigenvalue weighted by Gasteiger charge is -2.37. The van der Waals surface area contributed by atoms with Crippen molar-refractivity contribution in [2.45, 2.75) is 39.8 Å². The molecule has 1 fully saturated rings. The molecule has 1 N–H and O–H groups in total. The molecule has 9 heteroatoms. The maximum atomic E-state index is 12.7. The van der Waals surface area contributed by atoms with Crippen molar-refractivity contribution < 1.29 is 4.79 Å². The third-order valence-corrected chi connectivity index (χ3v) is 4.10. The number of carbonyl (C=O) groups is 1. The number of aryl methyl sites for hydroxylation is 2. The summed E-state index contributed by atoms with van der Waals surface area (Å²) in [6, 6.07) is 2.31. The molecule has 0 radical (unpaired) electrons. The van der Waals surface area contributed by atoms with Gasteiger partial charge in [0.15, 0.2) is 0 Å². The second-order valence-electron chi connectivity index (χ2n) is 5.67. The van der Waals surface area contributed by atoms with Gasteiger partial charge in [-0.3, -0.25) is 4.79 Å². The number of carbonyl (C=O) groups excluding carboxylic acids is 1. The van der Waals surface area contributed by atoms with E-state index in [0.717, 1.165) is 17.9 Å². The Morgan fingerprint density at radius 3 is 2.65 bits per heavy atom. The van der Waals surface area contributed by atoms with Gasteiger partial charge in [0.2, 0.25) is 5.82 Å². The lowest BCUT2D eigenvalue weighted by Crippen LogP contribution is -2.57. The van der Waals surface area contributed by atoms with Crippen LogP contribution in [-0.4, -0.2) is 55.6 Å². The fourth-order valence-corrected chi connectivity index (χ4v) is 2.73. The molecule has 2 unspecified atom stereocenters. The number of hydrogen-bond acceptors (Lipinski definition) is 5. The van der Waals surface area contributed by atoms with Crippen molar-refractivity contribution in [3.63, 3.8) is 0 Å². The van der Waals surface area contributed by atoms with Crippen LogP contribution in [0.15, 0.2) is 6.07 Å². The third kappa shape index (κ3) is 3.57. The van der Waals surface area contributed by atoms with Crippen LogP contribution in [-0.2, 0) is 0 Å². The molecule has 0 bridgehead atoms. The minimum atomic E-state index is -0.126. The van der Waals surface area contributed by atoms with Gasteiger partial charge in [-0.25, -0.2) is 9.50 Å². The minimum absolute atomic E-state index is 0. The van der Waals surface area contributed by atoms with Crippen molar-refractivity contribution in [1.29, 1.82) is 0 Å². The number of rotatable bonds is 1. The van der Waals surface area contributed by atoms with Gasteiger partial charge >= 0.3 is 0 Å². The predicted octanol–water partition coefficient (Wildman–Crippen LogP) is 1.41. The van der Waals surface area contributed by atoms with Crippen LogP contribution in [0.3, 0.4) is 0 Å². The first-order chi connectivity index (χ1) is 9.97. The summed E-state index contributed by atoms with van der Waals surface area (Å²) in [7, 11) is 0. The van der Waals surface area contributed by atoms with Gasteiger partial charge in [0, 0.05) is 36.6 Å². The Bertz CT molecular complexity index is 704. The van der Waals surface area contributed by atoms with Crippen molar-refractivity contribution in [2.24, 2.45) is 0 Å². The summed E-state index contributed by atoms with van der Waals surface area (Å²) < 4.78 is 1.62. The molecule has 128 valence electrons. The molecule has 0 spiro atoms. The fourth-order valence-electron chi connectivity index (χ4n) is 2.73. The standard InChI is InChI=1S/C14H20N6O.2ClH/c1-8-7-9(2)20-14(16-8)17-12(18-20)13(21)19-6-5-15-10(3)11(19)4;;/h7,10-11,15H,5-6H2,1-4H3;2*1H. The summed E-state index contributed by atoms with van der Waals surface area (Å²) in [5.41, 5.74) is 1.79. The number of aromatic nitrogens is 4. The molecular weight excluding hydrogens is 339 g/mol. The van der Waals surface area contributed by atoms with Gasteiger partial charge in [0.1, 0.15) is 0 Å². The maximum Gasteiger partial charge on any atom is 0.293 e. The van der Waals surface area contributed by atoms with Crippen molar-refractivity contribution in [3.8, 4) is 0 Å². The first kappa shape index (κ1) is 19.6. The van der Waals surface area contributed by atoms with Crippen LogP contribution in [0.4, 0.5) is 0 Å². The lowest BCUT2D eigenvalue weighted by atomic mass is 10.1. The molecule has 1 aliphatic rings. The van der Waals surface area contributed by atoms with Gasteiger partial charge in [-0.15, -0.1) is 29.9 Å². The van der Waals surface area contributed by atoms with E-state index in [1.165, 1.54) is 0 Å². The molecule has 2 aromatic heterocycles. The van der Waals surface area contributed by atoms with Crippen LogP contribution in [0, 0.1) is 13.8 Å². The van der Waals surface area contributed by atoms with E-state index in [1.807, 2.05) is 31.7 Å². The number of nitrogens with one attached hydrogen (secondary N) is 1.